The molecule has 0 aliphatic heterocycles. The Morgan fingerprint density at radius 1 is 1.47 bits per heavy atom. The molecule has 2 rings (SSSR count). The first-order valence-electron chi connectivity index (χ1n) is 6.33. The maximum atomic E-state index is 12.0. The van der Waals surface area contributed by atoms with Gasteiger partial charge in [0, 0.05) is 25.5 Å². The molecular formula is C13H19N5O. The number of carbonyl (C=O) groups excluding carboxylic acids is 1. The summed E-state index contributed by atoms with van der Waals surface area (Å²) in [6, 6.07) is 1.69. The minimum Gasteiger partial charge on any atom is -0.397 e. The minimum atomic E-state index is -0.109. The summed E-state index contributed by atoms with van der Waals surface area (Å²) in [7, 11) is 0. The van der Waals surface area contributed by atoms with Crippen molar-refractivity contribution in [2.24, 2.45) is 0 Å². The van der Waals surface area contributed by atoms with Crippen molar-refractivity contribution >= 4 is 11.6 Å². The van der Waals surface area contributed by atoms with Gasteiger partial charge in [-0.3, -0.25) is 9.48 Å². The van der Waals surface area contributed by atoms with Gasteiger partial charge in [-0.2, -0.15) is 5.10 Å². The van der Waals surface area contributed by atoms with E-state index in [9.17, 15) is 4.79 Å². The van der Waals surface area contributed by atoms with Crippen LogP contribution in [-0.4, -0.2) is 26.8 Å². The fraction of sp³-hybridized carbons (Fsp3) is 0.385. The van der Waals surface area contributed by atoms with Crippen molar-refractivity contribution in [1.82, 2.24) is 19.7 Å². The number of aryl methyl sites for hydroxylation is 2. The van der Waals surface area contributed by atoms with Gasteiger partial charge in [0.25, 0.3) is 5.91 Å². The summed E-state index contributed by atoms with van der Waals surface area (Å²) >= 11 is 0. The third kappa shape index (κ3) is 3.15. The summed E-state index contributed by atoms with van der Waals surface area (Å²) in [5.41, 5.74) is 8.01. The summed E-state index contributed by atoms with van der Waals surface area (Å²) in [6.07, 6.45) is 5.51. The van der Waals surface area contributed by atoms with E-state index in [1.54, 1.807) is 18.5 Å². The lowest BCUT2D eigenvalue weighted by molar-refractivity contribution is 0.0943. The van der Waals surface area contributed by atoms with Gasteiger partial charge in [-0.25, -0.2) is 0 Å². The smallest absolute Gasteiger partial charge is 0.268 e. The zero-order valence-corrected chi connectivity index (χ0v) is 11.3. The highest BCUT2D eigenvalue weighted by Gasteiger charge is 2.11. The molecular weight excluding hydrogens is 242 g/mol. The van der Waals surface area contributed by atoms with E-state index in [2.05, 4.69) is 10.4 Å². The molecule has 6 nitrogen and oxygen atoms in total. The third-order valence-corrected chi connectivity index (χ3v) is 2.88. The molecule has 0 atom stereocenters. The van der Waals surface area contributed by atoms with Gasteiger partial charge in [0.1, 0.15) is 5.69 Å². The molecule has 0 saturated carbocycles. The predicted molar refractivity (Wildman–Crippen MR) is 73.8 cm³/mol. The molecule has 102 valence electrons. The van der Waals surface area contributed by atoms with E-state index in [1.807, 2.05) is 29.3 Å². The lowest BCUT2D eigenvalue weighted by Crippen LogP contribution is -2.29. The highest BCUT2D eigenvalue weighted by atomic mass is 16.1. The fourth-order valence-electron chi connectivity index (χ4n) is 1.95. The molecule has 0 bridgehead atoms. The van der Waals surface area contributed by atoms with Crippen LogP contribution in [0.15, 0.2) is 24.7 Å². The Balaban J connectivity index is 1.90. The normalized spacial score (nSPS) is 10.6. The van der Waals surface area contributed by atoms with Crippen molar-refractivity contribution in [3.05, 3.63) is 35.9 Å². The van der Waals surface area contributed by atoms with Gasteiger partial charge in [-0.15, -0.1) is 0 Å². The van der Waals surface area contributed by atoms with E-state index in [4.69, 9.17) is 5.73 Å². The van der Waals surface area contributed by atoms with Crippen LogP contribution in [0.3, 0.4) is 0 Å². The zero-order chi connectivity index (χ0) is 13.8. The molecule has 1 amide bonds. The van der Waals surface area contributed by atoms with Crippen LogP contribution < -0.4 is 11.1 Å². The van der Waals surface area contributed by atoms with Crippen LogP contribution in [0.1, 0.15) is 23.0 Å². The lowest BCUT2D eigenvalue weighted by Gasteiger charge is -2.07. The minimum absolute atomic E-state index is 0.109. The SMILES string of the molecule is CCn1cc(N)cc1C(=O)NCCn1cc(C)cn1. The molecule has 0 aliphatic carbocycles. The second-order valence-electron chi connectivity index (χ2n) is 4.48. The van der Waals surface area contributed by atoms with Gasteiger partial charge in [0.2, 0.25) is 0 Å². The summed E-state index contributed by atoms with van der Waals surface area (Å²) in [5, 5.41) is 7.03. The van der Waals surface area contributed by atoms with E-state index >= 15 is 0 Å². The van der Waals surface area contributed by atoms with E-state index < -0.39 is 0 Å². The number of nitrogens with zero attached hydrogens (tertiary/aromatic N) is 3. The molecule has 0 aliphatic rings. The molecule has 0 fully saturated rings. The first-order chi connectivity index (χ1) is 9.10. The molecule has 2 aromatic rings. The van der Waals surface area contributed by atoms with Gasteiger partial charge in [-0.05, 0) is 25.5 Å². The second-order valence-corrected chi connectivity index (χ2v) is 4.48. The van der Waals surface area contributed by atoms with Crippen LogP contribution in [0.5, 0.6) is 0 Å². The van der Waals surface area contributed by atoms with Gasteiger partial charge in [-0.1, -0.05) is 0 Å². The maximum Gasteiger partial charge on any atom is 0.268 e. The standard InChI is InChI=1S/C13H19N5O/c1-3-17-9-11(14)6-12(17)13(19)15-4-5-18-8-10(2)7-16-18/h6-9H,3-5,14H2,1-2H3,(H,15,19). The van der Waals surface area contributed by atoms with Gasteiger partial charge >= 0.3 is 0 Å². The number of nitrogen functional groups attached to an aromatic ring is 1. The van der Waals surface area contributed by atoms with E-state index in [-0.39, 0.29) is 5.91 Å². The average molecular weight is 261 g/mol. The first-order valence-corrected chi connectivity index (χ1v) is 6.33. The average Bonchev–Trinajstić information content (AvgIpc) is 2.95. The number of aromatic nitrogens is 3. The quantitative estimate of drug-likeness (QED) is 0.843. The Bertz CT molecular complexity index is 569. The number of amides is 1. The molecule has 0 saturated heterocycles. The molecule has 6 heteroatoms. The molecule has 19 heavy (non-hydrogen) atoms. The highest BCUT2D eigenvalue weighted by molar-refractivity contribution is 5.93. The number of anilines is 1. The maximum absolute atomic E-state index is 12.0. The molecule has 0 aromatic carbocycles. The molecule has 0 radical (unpaired) electrons. The predicted octanol–water partition coefficient (Wildman–Crippen LogP) is 1.03. The van der Waals surface area contributed by atoms with Gasteiger partial charge in [0.05, 0.1) is 18.4 Å². The number of nitrogens with one attached hydrogen (secondary N) is 1. The number of hydrogen-bond donors (Lipinski definition) is 2. The largest absolute Gasteiger partial charge is 0.397 e. The number of rotatable bonds is 5. The van der Waals surface area contributed by atoms with E-state index in [0.717, 1.165) is 12.1 Å². The molecule has 0 unspecified atom stereocenters. The van der Waals surface area contributed by atoms with Crippen LogP contribution >= 0.6 is 0 Å². The lowest BCUT2D eigenvalue weighted by atomic mass is 10.3. The molecule has 3 N–H and O–H groups in total. The summed E-state index contributed by atoms with van der Waals surface area (Å²) < 4.78 is 3.64. The first kappa shape index (κ1) is 13.2. The van der Waals surface area contributed by atoms with Crippen molar-refractivity contribution in [3.8, 4) is 0 Å². The number of nitrogens with two attached hydrogens (primary N) is 1. The Kier molecular flexibility index (Phi) is 3.89. The van der Waals surface area contributed by atoms with E-state index in [0.29, 0.717) is 24.5 Å². The van der Waals surface area contributed by atoms with Crippen LogP contribution in [0.2, 0.25) is 0 Å². The Morgan fingerprint density at radius 2 is 2.26 bits per heavy atom. The van der Waals surface area contributed by atoms with Crippen molar-refractivity contribution in [2.75, 3.05) is 12.3 Å². The zero-order valence-electron chi connectivity index (χ0n) is 11.3. The monoisotopic (exact) mass is 261 g/mol. The van der Waals surface area contributed by atoms with Crippen molar-refractivity contribution in [3.63, 3.8) is 0 Å². The van der Waals surface area contributed by atoms with Crippen LogP contribution in [0, 0.1) is 6.92 Å². The third-order valence-electron chi connectivity index (χ3n) is 2.88. The number of hydrogen-bond acceptors (Lipinski definition) is 3. The summed E-state index contributed by atoms with van der Waals surface area (Å²) in [5.74, 6) is -0.109. The Labute approximate surface area is 112 Å². The van der Waals surface area contributed by atoms with Gasteiger partial charge < -0.3 is 15.6 Å². The Morgan fingerprint density at radius 3 is 2.89 bits per heavy atom. The van der Waals surface area contributed by atoms with Crippen LogP contribution in [-0.2, 0) is 13.1 Å². The Hall–Kier alpha value is -2.24. The second kappa shape index (κ2) is 5.60. The molecule has 0 spiro atoms. The van der Waals surface area contributed by atoms with Crippen molar-refractivity contribution < 1.29 is 4.79 Å². The summed E-state index contributed by atoms with van der Waals surface area (Å²) in [6.45, 7) is 5.87. The van der Waals surface area contributed by atoms with E-state index in [1.165, 1.54) is 0 Å². The number of carbonyl (C=O) groups is 1. The summed E-state index contributed by atoms with van der Waals surface area (Å²) in [4.78, 5) is 12.0. The van der Waals surface area contributed by atoms with Crippen LogP contribution in [0.4, 0.5) is 5.69 Å². The van der Waals surface area contributed by atoms with Crippen LogP contribution in [0.25, 0.3) is 0 Å². The molecule has 2 aromatic heterocycles. The van der Waals surface area contributed by atoms with Gasteiger partial charge in [0.15, 0.2) is 0 Å². The topological polar surface area (TPSA) is 77.9 Å². The van der Waals surface area contributed by atoms with Crippen molar-refractivity contribution in [1.29, 1.82) is 0 Å². The highest BCUT2D eigenvalue weighted by Crippen LogP contribution is 2.10. The fourth-order valence-corrected chi connectivity index (χ4v) is 1.95. The van der Waals surface area contributed by atoms with Crippen molar-refractivity contribution in [2.45, 2.75) is 26.9 Å². The molecule has 2 heterocycles.